The number of aryl methyl sites for hydroxylation is 1. The number of rotatable bonds is 15. The van der Waals surface area contributed by atoms with Crippen molar-refractivity contribution in [1.29, 1.82) is 0 Å². The molecule has 1 aliphatic carbocycles. The zero-order valence-corrected chi connectivity index (χ0v) is 26.9. The van der Waals surface area contributed by atoms with Crippen molar-refractivity contribution in [3.8, 4) is 5.75 Å². The van der Waals surface area contributed by atoms with Crippen molar-refractivity contribution in [2.75, 3.05) is 18.6 Å². The fourth-order valence-electron chi connectivity index (χ4n) is 5.24. The number of hydrogen-bond acceptors (Lipinski definition) is 6. The Hall–Kier alpha value is -2.42. The number of benzene rings is 1. The number of nitrogens with one attached hydrogen (secondary N) is 2. The third kappa shape index (κ3) is 12.1. The standard InChI is InChI=1S/C32H53N3O5S/c1-7-8-9-10-14-20-35(30(38)26(19-21-41-6)34-31(39)40-32(3,4)5)28(24-17-18-27(36)23(2)22-24)29(37)33-25-15-12-11-13-16-25/h17-18,22,25-26,28,36H,7-16,19-21H2,1-6H3,(H,33,37)(H,34,39). The van der Waals surface area contributed by atoms with Gasteiger partial charge in [0.25, 0.3) is 0 Å². The van der Waals surface area contributed by atoms with Gasteiger partial charge in [-0.05, 0) is 88.6 Å². The molecular formula is C32H53N3O5S. The topological polar surface area (TPSA) is 108 Å². The Kier molecular flexibility index (Phi) is 14.9. The fraction of sp³-hybridized carbons (Fsp3) is 0.719. The molecule has 0 aliphatic heterocycles. The first-order chi connectivity index (χ1) is 19.5. The first-order valence-electron chi connectivity index (χ1n) is 15.4. The Balaban J connectivity index is 2.47. The van der Waals surface area contributed by atoms with Crippen LogP contribution in [0.2, 0.25) is 0 Å². The summed E-state index contributed by atoms with van der Waals surface area (Å²) >= 11 is 1.59. The smallest absolute Gasteiger partial charge is 0.408 e. The van der Waals surface area contributed by atoms with Crippen LogP contribution in [0.1, 0.15) is 115 Å². The average molecular weight is 592 g/mol. The van der Waals surface area contributed by atoms with Crippen LogP contribution in [0.15, 0.2) is 18.2 Å². The van der Waals surface area contributed by atoms with Crippen LogP contribution >= 0.6 is 11.8 Å². The number of phenols is 1. The van der Waals surface area contributed by atoms with E-state index in [0.717, 1.165) is 57.8 Å². The number of unbranched alkanes of at least 4 members (excludes halogenated alkanes) is 4. The molecule has 0 saturated heterocycles. The number of phenolic OH excluding ortho intramolecular Hbond substituents is 1. The second-order valence-corrected chi connectivity index (χ2v) is 13.2. The van der Waals surface area contributed by atoms with Crippen molar-refractivity contribution in [3.05, 3.63) is 29.3 Å². The van der Waals surface area contributed by atoms with Gasteiger partial charge in [-0.15, -0.1) is 0 Å². The van der Waals surface area contributed by atoms with Gasteiger partial charge >= 0.3 is 6.09 Å². The molecule has 41 heavy (non-hydrogen) atoms. The number of hydrogen-bond donors (Lipinski definition) is 3. The maximum absolute atomic E-state index is 14.4. The van der Waals surface area contributed by atoms with Crippen LogP contribution in [-0.4, -0.2) is 64.2 Å². The van der Waals surface area contributed by atoms with E-state index in [0.29, 0.717) is 29.8 Å². The van der Waals surface area contributed by atoms with Gasteiger partial charge in [0.2, 0.25) is 11.8 Å². The quantitative estimate of drug-likeness (QED) is 0.198. The molecule has 1 fully saturated rings. The molecule has 0 heterocycles. The number of aromatic hydroxyl groups is 1. The second kappa shape index (κ2) is 17.5. The Bertz CT molecular complexity index is 975. The normalized spacial score (nSPS) is 15.6. The van der Waals surface area contributed by atoms with Gasteiger partial charge in [-0.1, -0.05) is 57.9 Å². The van der Waals surface area contributed by atoms with Crippen molar-refractivity contribution < 1.29 is 24.2 Å². The Morgan fingerprint density at radius 1 is 1.10 bits per heavy atom. The van der Waals surface area contributed by atoms with E-state index in [1.54, 1.807) is 62.6 Å². The van der Waals surface area contributed by atoms with Gasteiger partial charge in [-0.25, -0.2) is 4.79 Å². The minimum Gasteiger partial charge on any atom is -0.508 e. The largest absolute Gasteiger partial charge is 0.508 e. The number of amides is 3. The molecule has 1 aromatic rings. The summed E-state index contributed by atoms with van der Waals surface area (Å²) in [7, 11) is 0. The van der Waals surface area contributed by atoms with Gasteiger partial charge in [0.05, 0.1) is 0 Å². The van der Waals surface area contributed by atoms with E-state index in [2.05, 4.69) is 17.6 Å². The first-order valence-corrected chi connectivity index (χ1v) is 16.7. The van der Waals surface area contributed by atoms with Crippen LogP contribution in [0.3, 0.4) is 0 Å². The van der Waals surface area contributed by atoms with Crippen molar-refractivity contribution in [1.82, 2.24) is 15.5 Å². The molecule has 3 N–H and O–H groups in total. The predicted molar refractivity (Wildman–Crippen MR) is 167 cm³/mol. The maximum atomic E-state index is 14.4. The number of thioether (sulfide) groups is 1. The highest BCUT2D eigenvalue weighted by molar-refractivity contribution is 7.98. The lowest BCUT2D eigenvalue weighted by Crippen LogP contribution is -2.54. The molecule has 1 saturated carbocycles. The lowest BCUT2D eigenvalue weighted by atomic mass is 9.94. The number of ether oxygens (including phenoxy) is 1. The lowest BCUT2D eigenvalue weighted by Gasteiger charge is -2.36. The van der Waals surface area contributed by atoms with Crippen LogP contribution in [0.25, 0.3) is 0 Å². The SMILES string of the molecule is CCCCCCCN(C(=O)C(CCSC)NC(=O)OC(C)(C)C)C(C(=O)NC1CCCCC1)c1ccc(O)c(C)c1. The molecule has 9 heteroatoms. The van der Waals surface area contributed by atoms with E-state index >= 15 is 0 Å². The molecule has 232 valence electrons. The third-order valence-electron chi connectivity index (χ3n) is 7.43. The summed E-state index contributed by atoms with van der Waals surface area (Å²) in [4.78, 5) is 42.8. The molecule has 0 spiro atoms. The monoisotopic (exact) mass is 591 g/mol. The molecule has 8 nitrogen and oxygen atoms in total. The van der Waals surface area contributed by atoms with Crippen molar-refractivity contribution in [2.24, 2.45) is 0 Å². The second-order valence-electron chi connectivity index (χ2n) is 12.2. The summed E-state index contributed by atoms with van der Waals surface area (Å²) in [6.45, 7) is 9.69. The first kappa shape index (κ1) is 34.8. The molecule has 1 aliphatic rings. The van der Waals surface area contributed by atoms with E-state index in [4.69, 9.17) is 4.74 Å². The van der Waals surface area contributed by atoms with Gasteiger partial charge in [-0.2, -0.15) is 11.8 Å². The van der Waals surface area contributed by atoms with Crippen LogP contribution in [0.4, 0.5) is 4.79 Å². The molecular weight excluding hydrogens is 538 g/mol. The summed E-state index contributed by atoms with van der Waals surface area (Å²) in [6, 6.07) is 3.45. The van der Waals surface area contributed by atoms with E-state index in [1.807, 2.05) is 6.26 Å². The van der Waals surface area contributed by atoms with Crippen LogP contribution < -0.4 is 10.6 Å². The number of carbonyl (C=O) groups is 3. The van der Waals surface area contributed by atoms with Gasteiger partial charge in [0, 0.05) is 12.6 Å². The highest BCUT2D eigenvalue weighted by Gasteiger charge is 2.37. The van der Waals surface area contributed by atoms with Gasteiger partial charge < -0.3 is 25.4 Å². The minimum absolute atomic E-state index is 0.0747. The van der Waals surface area contributed by atoms with E-state index in [1.165, 1.54) is 6.42 Å². The maximum Gasteiger partial charge on any atom is 0.408 e. The van der Waals surface area contributed by atoms with Crippen molar-refractivity contribution >= 4 is 29.7 Å². The summed E-state index contributed by atoms with van der Waals surface area (Å²) in [5.74, 6) is 0.287. The highest BCUT2D eigenvalue weighted by Crippen LogP contribution is 2.29. The Morgan fingerprint density at radius 3 is 2.39 bits per heavy atom. The van der Waals surface area contributed by atoms with Crippen LogP contribution in [0, 0.1) is 6.92 Å². The molecule has 1 aromatic carbocycles. The lowest BCUT2D eigenvalue weighted by molar-refractivity contribution is -0.143. The molecule has 2 unspecified atom stereocenters. The summed E-state index contributed by atoms with van der Waals surface area (Å²) in [6.07, 6.45) is 11.9. The molecule has 0 bridgehead atoms. The van der Waals surface area contributed by atoms with Gasteiger partial charge in [-0.3, -0.25) is 9.59 Å². The summed E-state index contributed by atoms with van der Waals surface area (Å²) < 4.78 is 5.49. The Labute approximate surface area is 251 Å². The van der Waals surface area contributed by atoms with E-state index in [-0.39, 0.29) is 23.6 Å². The molecule has 2 rings (SSSR count). The number of alkyl carbamates (subject to hydrolysis) is 1. The third-order valence-corrected chi connectivity index (χ3v) is 8.08. The minimum atomic E-state index is -0.882. The van der Waals surface area contributed by atoms with Crippen molar-refractivity contribution in [3.63, 3.8) is 0 Å². The summed E-state index contributed by atoms with van der Waals surface area (Å²) in [5, 5.41) is 16.3. The zero-order valence-electron chi connectivity index (χ0n) is 26.1. The van der Waals surface area contributed by atoms with Crippen molar-refractivity contribution in [2.45, 2.75) is 129 Å². The molecule has 2 atom stereocenters. The van der Waals surface area contributed by atoms with Crippen LogP contribution in [-0.2, 0) is 14.3 Å². The zero-order chi connectivity index (χ0) is 30.4. The summed E-state index contributed by atoms with van der Waals surface area (Å²) in [5.41, 5.74) is 0.581. The van der Waals surface area contributed by atoms with Crippen LogP contribution in [0.5, 0.6) is 5.75 Å². The van der Waals surface area contributed by atoms with Gasteiger partial charge in [0.1, 0.15) is 23.4 Å². The number of nitrogens with zero attached hydrogens (tertiary/aromatic N) is 1. The predicted octanol–water partition coefficient (Wildman–Crippen LogP) is 6.64. The van der Waals surface area contributed by atoms with E-state index in [9.17, 15) is 19.5 Å². The number of carbonyl (C=O) groups excluding carboxylic acids is 3. The molecule has 3 amide bonds. The Morgan fingerprint density at radius 2 is 1.78 bits per heavy atom. The van der Waals surface area contributed by atoms with Gasteiger partial charge in [0.15, 0.2) is 0 Å². The molecule has 0 radical (unpaired) electrons. The fourth-order valence-corrected chi connectivity index (χ4v) is 5.72. The average Bonchev–Trinajstić information content (AvgIpc) is 2.91. The molecule has 0 aromatic heterocycles. The van der Waals surface area contributed by atoms with E-state index < -0.39 is 23.8 Å². The highest BCUT2D eigenvalue weighted by atomic mass is 32.2.